The number of carbonyl (C=O) groups is 4. The van der Waals surface area contributed by atoms with Gasteiger partial charge in [0, 0.05) is 6.54 Å². The van der Waals surface area contributed by atoms with Gasteiger partial charge < -0.3 is 38.7 Å². The highest BCUT2D eigenvalue weighted by molar-refractivity contribution is 5.93. The molecule has 0 bridgehead atoms. The maximum Gasteiger partial charge on any atom is 0.325 e. The van der Waals surface area contributed by atoms with Gasteiger partial charge in [0.05, 0.1) is 12.5 Å². The van der Waals surface area contributed by atoms with Crippen molar-refractivity contribution >= 4 is 29.7 Å². The molecule has 0 unspecified atom stereocenters. The average molecular weight is 359 g/mol. The fourth-order valence-corrected chi connectivity index (χ4v) is 1.74. The van der Waals surface area contributed by atoms with E-state index in [-0.39, 0.29) is 25.3 Å². The minimum Gasteiger partial charge on any atom is -0.480 e. The first kappa shape index (κ1) is 22.1. The maximum absolute atomic E-state index is 12.2. The van der Waals surface area contributed by atoms with Gasteiger partial charge in [-0.3, -0.25) is 24.2 Å². The lowest BCUT2D eigenvalue weighted by Crippen LogP contribution is -2.54. The molecule has 0 aromatic carbocycles. The Labute approximate surface area is 144 Å². The van der Waals surface area contributed by atoms with Crippen LogP contribution in [-0.2, 0) is 19.2 Å². The van der Waals surface area contributed by atoms with Crippen LogP contribution in [0.1, 0.15) is 26.2 Å². The normalized spacial score (nSPS) is 13.8. The van der Waals surface area contributed by atoms with Crippen molar-refractivity contribution in [3.05, 3.63) is 0 Å². The molecule has 0 rings (SSSR count). The molecule has 0 aromatic heterocycles. The quantitative estimate of drug-likeness (QED) is 0.110. The molecule has 12 nitrogen and oxygen atoms in total. The van der Waals surface area contributed by atoms with Crippen molar-refractivity contribution in [3.63, 3.8) is 0 Å². The van der Waals surface area contributed by atoms with Crippen LogP contribution in [0, 0.1) is 0 Å². The van der Waals surface area contributed by atoms with Crippen molar-refractivity contribution in [1.82, 2.24) is 10.6 Å². The van der Waals surface area contributed by atoms with Gasteiger partial charge in [-0.05, 0) is 19.8 Å². The van der Waals surface area contributed by atoms with Crippen LogP contribution in [0.5, 0.6) is 0 Å². The summed E-state index contributed by atoms with van der Waals surface area (Å²) in [6, 6.07) is -3.44. The first-order chi connectivity index (χ1) is 11.5. The van der Waals surface area contributed by atoms with Crippen LogP contribution < -0.4 is 33.6 Å². The third-order valence-electron chi connectivity index (χ3n) is 3.07. The molecule has 12 heteroatoms. The average Bonchev–Trinajstić information content (AvgIpc) is 2.48. The molecule has 142 valence electrons. The van der Waals surface area contributed by atoms with E-state index in [1.54, 1.807) is 0 Å². The molecule has 0 fully saturated rings. The number of primary amides is 1. The molecule has 3 atom stereocenters. The second-order valence-electron chi connectivity index (χ2n) is 5.36. The summed E-state index contributed by atoms with van der Waals surface area (Å²) in [4.78, 5) is 49.5. The number of carbonyl (C=O) groups excluding carboxylic acids is 3. The predicted octanol–water partition coefficient (Wildman–Crippen LogP) is -3.68. The number of carboxylic acid groups (broad SMARTS) is 1. The number of nitrogens with one attached hydrogen (secondary N) is 2. The molecular formula is C13H25N7O5. The van der Waals surface area contributed by atoms with Crippen LogP contribution in [0.25, 0.3) is 0 Å². The molecule has 0 heterocycles. The molecule has 0 aliphatic carbocycles. The second kappa shape index (κ2) is 10.8. The summed E-state index contributed by atoms with van der Waals surface area (Å²) in [5.41, 5.74) is 20.9. The Hall–Kier alpha value is -2.89. The third kappa shape index (κ3) is 9.76. The van der Waals surface area contributed by atoms with Crippen LogP contribution in [0.2, 0.25) is 0 Å². The topological polar surface area (TPSA) is 229 Å². The van der Waals surface area contributed by atoms with Gasteiger partial charge in [-0.2, -0.15) is 0 Å². The van der Waals surface area contributed by atoms with E-state index in [1.165, 1.54) is 6.92 Å². The van der Waals surface area contributed by atoms with Crippen LogP contribution in [0.15, 0.2) is 4.99 Å². The molecule has 11 N–H and O–H groups in total. The summed E-state index contributed by atoms with van der Waals surface area (Å²) >= 11 is 0. The monoisotopic (exact) mass is 359 g/mol. The number of aliphatic carboxylic acids is 1. The Morgan fingerprint density at radius 2 is 1.68 bits per heavy atom. The smallest absolute Gasteiger partial charge is 0.325 e. The molecule has 0 aliphatic rings. The fourth-order valence-electron chi connectivity index (χ4n) is 1.74. The van der Waals surface area contributed by atoms with Gasteiger partial charge in [0.1, 0.15) is 12.1 Å². The largest absolute Gasteiger partial charge is 0.480 e. The van der Waals surface area contributed by atoms with Gasteiger partial charge in [0.2, 0.25) is 17.7 Å². The zero-order valence-corrected chi connectivity index (χ0v) is 13.9. The van der Waals surface area contributed by atoms with Crippen LogP contribution in [0.4, 0.5) is 0 Å². The Morgan fingerprint density at radius 1 is 1.08 bits per heavy atom. The van der Waals surface area contributed by atoms with Gasteiger partial charge in [-0.1, -0.05) is 0 Å². The molecule has 25 heavy (non-hydrogen) atoms. The molecule has 0 spiro atoms. The maximum atomic E-state index is 12.2. The number of rotatable bonds is 11. The van der Waals surface area contributed by atoms with E-state index >= 15 is 0 Å². The van der Waals surface area contributed by atoms with Crippen molar-refractivity contribution < 1.29 is 24.3 Å². The van der Waals surface area contributed by atoms with Gasteiger partial charge in [-0.25, -0.2) is 0 Å². The third-order valence-corrected chi connectivity index (χ3v) is 3.07. The molecule has 0 saturated carbocycles. The van der Waals surface area contributed by atoms with E-state index in [1.807, 2.05) is 0 Å². The number of nitrogens with two attached hydrogens (primary N) is 4. The molecule has 0 saturated heterocycles. The highest BCUT2D eigenvalue weighted by Gasteiger charge is 2.26. The minimum atomic E-state index is -1.23. The zero-order valence-electron chi connectivity index (χ0n) is 13.9. The summed E-state index contributed by atoms with van der Waals surface area (Å²) in [7, 11) is 0. The lowest BCUT2D eigenvalue weighted by atomic mass is 10.1. The van der Waals surface area contributed by atoms with Gasteiger partial charge in [0.25, 0.3) is 0 Å². The highest BCUT2D eigenvalue weighted by Crippen LogP contribution is 2.01. The number of hydrogen-bond acceptors (Lipinski definition) is 6. The standard InChI is InChI=1S/C13H25N7O5/c1-6(12(24)25)19-11(23)8(3-2-4-18-13(16)17)20-10(22)7(14)5-9(15)21/h6-8H,2-5,14H2,1H3,(H2,15,21)(H,19,23)(H,20,22)(H,24,25)(H4,16,17,18)/t6-,7-,8-/m0/s1. The SMILES string of the molecule is C[C@H](NC(=O)[C@H](CCCN=C(N)N)NC(=O)[C@@H](N)CC(N)=O)C(=O)O. The van der Waals surface area contributed by atoms with Crippen LogP contribution in [-0.4, -0.2) is 59.4 Å². The van der Waals surface area contributed by atoms with E-state index < -0.39 is 41.8 Å². The number of nitrogens with zero attached hydrogens (tertiary/aromatic N) is 1. The van der Waals surface area contributed by atoms with E-state index in [0.717, 1.165) is 0 Å². The van der Waals surface area contributed by atoms with E-state index in [9.17, 15) is 19.2 Å². The van der Waals surface area contributed by atoms with Gasteiger partial charge >= 0.3 is 5.97 Å². The van der Waals surface area contributed by atoms with Gasteiger partial charge in [0.15, 0.2) is 5.96 Å². The molecule has 0 aliphatic heterocycles. The summed E-state index contributed by atoms with van der Waals surface area (Å²) in [5.74, 6) is -3.59. The zero-order chi connectivity index (χ0) is 19.6. The van der Waals surface area contributed by atoms with E-state index in [0.29, 0.717) is 6.42 Å². The first-order valence-corrected chi connectivity index (χ1v) is 7.47. The Bertz CT molecular complexity index is 533. The fraction of sp³-hybridized carbons (Fsp3) is 0.615. The second-order valence-corrected chi connectivity index (χ2v) is 5.36. The lowest BCUT2D eigenvalue weighted by molar-refractivity contribution is -0.141. The molecular weight excluding hydrogens is 334 g/mol. The van der Waals surface area contributed by atoms with Crippen molar-refractivity contribution in [3.8, 4) is 0 Å². The van der Waals surface area contributed by atoms with E-state index in [4.69, 9.17) is 28.0 Å². The van der Waals surface area contributed by atoms with Crippen LogP contribution >= 0.6 is 0 Å². The highest BCUT2D eigenvalue weighted by atomic mass is 16.4. The number of amides is 3. The van der Waals surface area contributed by atoms with Crippen molar-refractivity contribution in [1.29, 1.82) is 0 Å². The molecule has 3 amide bonds. The van der Waals surface area contributed by atoms with Crippen molar-refractivity contribution in [2.45, 2.75) is 44.3 Å². The Balaban J connectivity index is 4.89. The number of carboxylic acids is 1. The predicted molar refractivity (Wildman–Crippen MR) is 88.9 cm³/mol. The first-order valence-electron chi connectivity index (χ1n) is 7.47. The lowest BCUT2D eigenvalue weighted by Gasteiger charge is -2.21. The number of hydrogen-bond donors (Lipinski definition) is 7. The Morgan fingerprint density at radius 3 is 2.16 bits per heavy atom. The summed E-state index contributed by atoms with van der Waals surface area (Å²) in [5, 5.41) is 13.4. The summed E-state index contributed by atoms with van der Waals surface area (Å²) in [6.07, 6.45) is 0.0759. The summed E-state index contributed by atoms with van der Waals surface area (Å²) in [6.45, 7) is 1.49. The van der Waals surface area contributed by atoms with Gasteiger partial charge in [-0.15, -0.1) is 0 Å². The summed E-state index contributed by atoms with van der Waals surface area (Å²) < 4.78 is 0. The van der Waals surface area contributed by atoms with Crippen LogP contribution in [0.3, 0.4) is 0 Å². The molecule has 0 radical (unpaired) electrons. The van der Waals surface area contributed by atoms with Crippen molar-refractivity contribution in [2.24, 2.45) is 27.9 Å². The minimum absolute atomic E-state index is 0.118. The number of aliphatic imine (C=N–C) groups is 1. The Kier molecular flexibility index (Phi) is 9.56. The van der Waals surface area contributed by atoms with E-state index in [2.05, 4.69) is 15.6 Å². The van der Waals surface area contributed by atoms with Crippen molar-refractivity contribution in [2.75, 3.05) is 6.54 Å². The number of guanidine groups is 1. The molecule has 0 aromatic rings.